The Hall–Kier alpha value is -2.64. The molecular weight excluding hydrogens is 387 g/mol. The van der Waals surface area contributed by atoms with E-state index in [0.29, 0.717) is 24.0 Å². The van der Waals surface area contributed by atoms with Crippen LogP contribution in [0.1, 0.15) is 35.7 Å². The van der Waals surface area contributed by atoms with E-state index in [2.05, 4.69) is 21.3 Å². The van der Waals surface area contributed by atoms with Gasteiger partial charge in [-0.05, 0) is 49.2 Å². The summed E-state index contributed by atoms with van der Waals surface area (Å²) in [4.78, 5) is 23.4. The number of likely N-dealkylation sites (tertiary alicyclic amines) is 1. The molecule has 1 aromatic carbocycles. The van der Waals surface area contributed by atoms with Crippen molar-refractivity contribution in [2.24, 2.45) is 0 Å². The van der Waals surface area contributed by atoms with Crippen LogP contribution in [0.3, 0.4) is 0 Å². The lowest BCUT2D eigenvalue weighted by Gasteiger charge is -2.32. The molecule has 0 radical (unpaired) electrons. The van der Waals surface area contributed by atoms with E-state index in [1.807, 2.05) is 23.6 Å². The highest BCUT2D eigenvalue weighted by Gasteiger charge is 2.24. The molecule has 1 aliphatic heterocycles. The summed E-state index contributed by atoms with van der Waals surface area (Å²) in [6.07, 6.45) is 4.38. The fourth-order valence-electron chi connectivity index (χ4n) is 3.77. The third kappa shape index (κ3) is 5.46. The lowest BCUT2D eigenvalue weighted by atomic mass is 9.94. The van der Waals surface area contributed by atoms with Gasteiger partial charge in [0.15, 0.2) is 5.13 Å². The van der Waals surface area contributed by atoms with Crippen molar-refractivity contribution >= 4 is 22.4 Å². The first-order valence-electron chi connectivity index (χ1n) is 9.78. The molecule has 1 N–H and O–H groups in total. The third-order valence-corrected chi connectivity index (χ3v) is 5.76. The largest absolute Gasteiger partial charge is 0.301 e. The first-order valence-corrected chi connectivity index (χ1v) is 10.7. The molecule has 0 aliphatic carbocycles. The highest BCUT2D eigenvalue weighted by atomic mass is 32.1. The minimum absolute atomic E-state index is 0.0339. The smallest absolute Gasteiger partial charge is 0.240 e. The lowest BCUT2D eigenvalue weighted by Crippen LogP contribution is -2.40. The van der Waals surface area contributed by atoms with E-state index < -0.39 is 0 Å². The van der Waals surface area contributed by atoms with Crippen molar-refractivity contribution in [2.45, 2.75) is 25.2 Å². The quantitative estimate of drug-likeness (QED) is 0.665. The number of hydrogen-bond acceptors (Lipinski definition) is 5. The van der Waals surface area contributed by atoms with Crippen LogP contribution in [0.25, 0.3) is 0 Å². The zero-order valence-electron chi connectivity index (χ0n) is 16.1. The molecule has 2 aromatic heterocycles. The summed E-state index contributed by atoms with van der Waals surface area (Å²) in [6.45, 7) is 2.07. The molecule has 3 heterocycles. The van der Waals surface area contributed by atoms with Gasteiger partial charge < -0.3 is 5.32 Å². The normalized spacial score (nSPS) is 17.2. The summed E-state index contributed by atoms with van der Waals surface area (Å²) >= 11 is 1.42. The van der Waals surface area contributed by atoms with Gasteiger partial charge in [-0.15, -0.1) is 11.3 Å². The third-order valence-electron chi connectivity index (χ3n) is 5.07. The lowest BCUT2D eigenvalue weighted by molar-refractivity contribution is -0.117. The van der Waals surface area contributed by atoms with Crippen LogP contribution >= 0.6 is 11.3 Å². The van der Waals surface area contributed by atoms with Crippen LogP contribution in [-0.4, -0.2) is 40.4 Å². The molecule has 5 nitrogen and oxygen atoms in total. The monoisotopic (exact) mass is 410 g/mol. The Labute approximate surface area is 173 Å². The van der Waals surface area contributed by atoms with E-state index in [1.165, 1.54) is 17.4 Å². The van der Waals surface area contributed by atoms with Crippen molar-refractivity contribution in [3.05, 3.63) is 76.8 Å². The summed E-state index contributed by atoms with van der Waals surface area (Å²) in [7, 11) is 0. The summed E-state index contributed by atoms with van der Waals surface area (Å²) < 4.78 is 13.4. The van der Waals surface area contributed by atoms with Gasteiger partial charge in [-0.3, -0.25) is 14.7 Å². The first kappa shape index (κ1) is 19.7. The predicted octanol–water partition coefficient (Wildman–Crippen LogP) is 4.09. The number of nitrogens with zero attached hydrogens (tertiary/aromatic N) is 3. The number of thiazole rings is 1. The second-order valence-electron chi connectivity index (χ2n) is 7.32. The number of amides is 1. The fourth-order valence-corrected chi connectivity index (χ4v) is 4.31. The number of rotatable bonds is 6. The van der Waals surface area contributed by atoms with Crippen molar-refractivity contribution in [3.63, 3.8) is 0 Å². The maximum atomic E-state index is 13.4. The van der Waals surface area contributed by atoms with Crippen LogP contribution in [0, 0.1) is 5.82 Å². The van der Waals surface area contributed by atoms with Gasteiger partial charge in [-0.2, -0.15) is 0 Å². The Morgan fingerprint density at radius 1 is 1.28 bits per heavy atom. The molecule has 1 atom stereocenters. The molecule has 1 aliphatic rings. The van der Waals surface area contributed by atoms with Crippen molar-refractivity contribution in [3.8, 4) is 0 Å². The second kappa shape index (κ2) is 9.24. The molecular formula is C22H23FN4OS. The number of carbonyl (C=O) groups is 1. The molecule has 150 valence electrons. The van der Waals surface area contributed by atoms with E-state index in [1.54, 1.807) is 18.3 Å². The maximum Gasteiger partial charge on any atom is 0.240 e. The number of benzene rings is 1. The zero-order valence-corrected chi connectivity index (χ0v) is 16.9. The maximum absolute atomic E-state index is 13.4. The van der Waals surface area contributed by atoms with Crippen LogP contribution in [0.15, 0.2) is 54.0 Å². The number of hydrogen-bond donors (Lipinski definition) is 1. The molecule has 7 heteroatoms. The van der Waals surface area contributed by atoms with Gasteiger partial charge in [0.1, 0.15) is 5.82 Å². The minimum atomic E-state index is -0.224. The van der Waals surface area contributed by atoms with Crippen molar-refractivity contribution in [1.29, 1.82) is 0 Å². The minimum Gasteiger partial charge on any atom is -0.301 e. The molecule has 1 amide bonds. The Kier molecular flexibility index (Phi) is 6.27. The molecule has 1 saturated heterocycles. The number of halogens is 1. The van der Waals surface area contributed by atoms with Crippen LogP contribution < -0.4 is 5.32 Å². The summed E-state index contributed by atoms with van der Waals surface area (Å²) in [6, 6.07) is 12.7. The van der Waals surface area contributed by atoms with Gasteiger partial charge in [-0.25, -0.2) is 9.37 Å². The van der Waals surface area contributed by atoms with Crippen LogP contribution in [0.2, 0.25) is 0 Å². The summed E-state index contributed by atoms with van der Waals surface area (Å²) in [5.41, 5.74) is 2.90. The molecule has 1 fully saturated rings. The average Bonchev–Trinajstić information content (AvgIpc) is 3.21. The number of nitrogens with one attached hydrogen (secondary N) is 1. The van der Waals surface area contributed by atoms with E-state index in [0.717, 1.165) is 42.9 Å². The SMILES string of the molecule is O=C(CN1CCCC(c2cccc(Cc3cccc(F)c3)n2)C1)Nc1nccs1. The van der Waals surface area contributed by atoms with Crippen LogP contribution in [0.5, 0.6) is 0 Å². The predicted molar refractivity (Wildman–Crippen MR) is 113 cm³/mol. The number of piperidine rings is 1. The van der Waals surface area contributed by atoms with Crippen molar-refractivity contribution in [2.75, 3.05) is 25.0 Å². The molecule has 1 unspecified atom stereocenters. The van der Waals surface area contributed by atoms with Crippen molar-refractivity contribution < 1.29 is 9.18 Å². The Balaban J connectivity index is 1.38. The average molecular weight is 411 g/mol. The van der Waals surface area contributed by atoms with E-state index >= 15 is 0 Å². The summed E-state index contributed by atoms with van der Waals surface area (Å²) in [5, 5.41) is 5.32. The van der Waals surface area contributed by atoms with E-state index in [9.17, 15) is 9.18 Å². The standard InChI is InChI=1S/C22H23FN4OS/c23-18-6-1-4-16(12-18)13-19-7-2-8-20(25-19)17-5-3-10-27(14-17)15-21(28)26-22-24-9-11-29-22/h1-2,4,6-9,11-12,17H,3,5,10,13-15H2,(H,24,26,28). The van der Waals surface area contributed by atoms with Gasteiger partial charge in [0.25, 0.3) is 0 Å². The number of anilines is 1. The molecule has 0 bridgehead atoms. The number of aromatic nitrogens is 2. The Bertz CT molecular complexity index is 963. The summed E-state index contributed by atoms with van der Waals surface area (Å²) in [5.74, 6) is 0.0369. The van der Waals surface area contributed by atoms with Gasteiger partial charge in [0, 0.05) is 41.8 Å². The molecule has 29 heavy (non-hydrogen) atoms. The highest BCUT2D eigenvalue weighted by Crippen LogP contribution is 2.26. The topological polar surface area (TPSA) is 58.1 Å². The van der Waals surface area contributed by atoms with Gasteiger partial charge in [-0.1, -0.05) is 18.2 Å². The molecule has 4 rings (SSSR count). The van der Waals surface area contributed by atoms with Gasteiger partial charge in [0.2, 0.25) is 5.91 Å². The number of carbonyl (C=O) groups excluding carboxylic acids is 1. The Morgan fingerprint density at radius 3 is 3.00 bits per heavy atom. The molecule has 0 saturated carbocycles. The Morgan fingerprint density at radius 2 is 2.17 bits per heavy atom. The second-order valence-corrected chi connectivity index (χ2v) is 8.21. The van der Waals surface area contributed by atoms with Crippen LogP contribution in [-0.2, 0) is 11.2 Å². The van der Waals surface area contributed by atoms with Gasteiger partial charge >= 0.3 is 0 Å². The highest BCUT2D eigenvalue weighted by molar-refractivity contribution is 7.13. The van der Waals surface area contributed by atoms with Crippen LogP contribution in [0.4, 0.5) is 9.52 Å². The van der Waals surface area contributed by atoms with E-state index in [4.69, 9.17) is 4.98 Å². The fraction of sp³-hybridized carbons (Fsp3) is 0.318. The number of pyridine rings is 1. The first-order chi connectivity index (χ1) is 14.2. The van der Waals surface area contributed by atoms with E-state index in [-0.39, 0.29) is 11.7 Å². The van der Waals surface area contributed by atoms with Gasteiger partial charge in [0.05, 0.1) is 6.54 Å². The molecule has 3 aromatic rings. The van der Waals surface area contributed by atoms with Crippen molar-refractivity contribution in [1.82, 2.24) is 14.9 Å². The molecule has 0 spiro atoms. The zero-order chi connectivity index (χ0) is 20.1.